The van der Waals surface area contributed by atoms with Crippen LogP contribution in [-0.4, -0.2) is 18.6 Å². The molecule has 1 amide bonds. The Bertz CT molecular complexity index is 702. The summed E-state index contributed by atoms with van der Waals surface area (Å²) in [5.41, 5.74) is -0.227. The molecule has 0 unspecified atom stereocenters. The number of carbonyl (C=O) groups is 1. The molecule has 0 saturated heterocycles. The Kier molecular flexibility index (Phi) is 5.25. The fourth-order valence-corrected chi connectivity index (χ4v) is 1.90. The van der Waals surface area contributed by atoms with E-state index < -0.39 is 24.4 Å². The number of alkyl halides is 3. The highest BCUT2D eigenvalue weighted by atomic mass is 79.9. The van der Waals surface area contributed by atoms with Crippen LogP contribution in [0.1, 0.15) is 10.4 Å². The molecule has 2 aromatic carbocycles. The van der Waals surface area contributed by atoms with Gasteiger partial charge in [0.05, 0.1) is 0 Å². The number of carbonyl (C=O) groups excluding carboxylic acids is 1. The fraction of sp³-hybridized carbons (Fsp3) is 0.133. The summed E-state index contributed by atoms with van der Waals surface area (Å²) in [6.45, 7) is -1.48. The van der Waals surface area contributed by atoms with Crippen LogP contribution in [0.5, 0.6) is 11.5 Å². The number of hydrogen-bond donors (Lipinski definition) is 1. The zero-order valence-corrected chi connectivity index (χ0v) is 13.0. The smallest absolute Gasteiger partial charge is 0.405 e. The van der Waals surface area contributed by atoms with E-state index in [4.69, 9.17) is 4.74 Å². The molecule has 0 saturated carbocycles. The van der Waals surface area contributed by atoms with Crippen LogP contribution in [0, 0.1) is 5.82 Å². The van der Waals surface area contributed by atoms with Gasteiger partial charge in [-0.05, 0) is 42.5 Å². The van der Waals surface area contributed by atoms with Gasteiger partial charge in [-0.2, -0.15) is 13.2 Å². The third-order valence-electron chi connectivity index (χ3n) is 2.68. The second-order valence-corrected chi connectivity index (χ2v) is 5.41. The standard InChI is InChI=1S/C15H10BrF4NO2/c16-10-2-4-11(5-3-10)23-13-6-1-9(7-12(13)17)14(22)21-8-15(18,19)20/h1-7H,8H2,(H,21,22). The van der Waals surface area contributed by atoms with Crippen LogP contribution < -0.4 is 10.1 Å². The van der Waals surface area contributed by atoms with Crippen LogP contribution in [0.4, 0.5) is 17.6 Å². The first-order chi connectivity index (χ1) is 10.7. The van der Waals surface area contributed by atoms with Gasteiger partial charge >= 0.3 is 6.18 Å². The molecule has 2 rings (SSSR count). The minimum Gasteiger partial charge on any atom is -0.454 e. The zero-order chi connectivity index (χ0) is 17.0. The zero-order valence-electron chi connectivity index (χ0n) is 11.5. The number of nitrogens with one attached hydrogen (secondary N) is 1. The lowest BCUT2D eigenvalue weighted by molar-refractivity contribution is -0.123. The molecule has 0 heterocycles. The maximum absolute atomic E-state index is 13.9. The summed E-state index contributed by atoms with van der Waals surface area (Å²) in [6, 6.07) is 9.79. The van der Waals surface area contributed by atoms with Gasteiger partial charge in [-0.1, -0.05) is 15.9 Å². The lowest BCUT2D eigenvalue weighted by Gasteiger charge is -2.10. The third-order valence-corrected chi connectivity index (χ3v) is 3.21. The van der Waals surface area contributed by atoms with Crippen LogP contribution >= 0.6 is 15.9 Å². The quantitative estimate of drug-likeness (QED) is 0.768. The summed E-state index contributed by atoms with van der Waals surface area (Å²) in [6.07, 6.45) is -4.53. The van der Waals surface area contributed by atoms with Crippen molar-refractivity contribution >= 4 is 21.8 Å². The molecule has 0 bridgehead atoms. The summed E-state index contributed by atoms with van der Waals surface area (Å²) >= 11 is 3.25. The molecule has 23 heavy (non-hydrogen) atoms. The maximum atomic E-state index is 13.9. The van der Waals surface area contributed by atoms with Gasteiger partial charge in [0.2, 0.25) is 0 Å². The van der Waals surface area contributed by atoms with E-state index >= 15 is 0 Å². The van der Waals surface area contributed by atoms with Gasteiger partial charge in [-0.15, -0.1) is 0 Å². The van der Waals surface area contributed by atoms with Crippen LogP contribution in [0.15, 0.2) is 46.9 Å². The number of hydrogen-bond acceptors (Lipinski definition) is 2. The van der Waals surface area contributed by atoms with E-state index in [9.17, 15) is 22.4 Å². The first kappa shape index (κ1) is 17.3. The Balaban J connectivity index is 2.08. The van der Waals surface area contributed by atoms with Gasteiger partial charge < -0.3 is 10.1 Å². The number of benzene rings is 2. The lowest BCUT2D eigenvalue weighted by atomic mass is 10.2. The van der Waals surface area contributed by atoms with E-state index in [1.807, 2.05) is 0 Å². The molecular weight excluding hydrogens is 382 g/mol. The van der Waals surface area contributed by atoms with E-state index in [1.165, 1.54) is 12.1 Å². The molecule has 2 aromatic rings. The molecule has 8 heteroatoms. The summed E-state index contributed by atoms with van der Waals surface area (Å²) < 4.78 is 56.1. The molecule has 1 N–H and O–H groups in total. The topological polar surface area (TPSA) is 38.3 Å². The Labute approximate surface area is 137 Å². The highest BCUT2D eigenvalue weighted by Crippen LogP contribution is 2.26. The highest BCUT2D eigenvalue weighted by Gasteiger charge is 2.28. The van der Waals surface area contributed by atoms with Crippen LogP contribution in [0.3, 0.4) is 0 Å². The first-order valence-electron chi connectivity index (χ1n) is 6.32. The minimum atomic E-state index is -4.53. The Hall–Kier alpha value is -2.09. The number of halogens is 5. The van der Waals surface area contributed by atoms with Crippen molar-refractivity contribution in [1.29, 1.82) is 0 Å². The molecule has 0 aliphatic carbocycles. The summed E-state index contributed by atoms with van der Waals surface area (Å²) in [4.78, 5) is 11.5. The van der Waals surface area contributed by atoms with E-state index in [0.717, 1.165) is 10.5 Å². The van der Waals surface area contributed by atoms with Crippen molar-refractivity contribution < 1.29 is 27.1 Å². The van der Waals surface area contributed by atoms with E-state index in [0.29, 0.717) is 5.75 Å². The van der Waals surface area contributed by atoms with Crippen molar-refractivity contribution in [2.75, 3.05) is 6.54 Å². The first-order valence-corrected chi connectivity index (χ1v) is 7.12. The van der Waals surface area contributed by atoms with Crippen LogP contribution in [0.25, 0.3) is 0 Å². The van der Waals surface area contributed by atoms with Gasteiger partial charge in [0.15, 0.2) is 11.6 Å². The number of ether oxygens (including phenoxy) is 1. The predicted octanol–water partition coefficient (Wildman–Crippen LogP) is 4.67. The van der Waals surface area contributed by atoms with E-state index in [2.05, 4.69) is 15.9 Å². The van der Waals surface area contributed by atoms with E-state index in [1.54, 1.807) is 29.6 Å². The van der Waals surface area contributed by atoms with Crippen molar-refractivity contribution in [3.63, 3.8) is 0 Å². The lowest BCUT2D eigenvalue weighted by Crippen LogP contribution is -2.33. The highest BCUT2D eigenvalue weighted by molar-refractivity contribution is 9.10. The summed E-state index contributed by atoms with van der Waals surface area (Å²) in [5.74, 6) is -1.63. The van der Waals surface area contributed by atoms with Crippen molar-refractivity contribution in [2.24, 2.45) is 0 Å². The third kappa shape index (κ3) is 5.24. The monoisotopic (exact) mass is 391 g/mol. The van der Waals surface area contributed by atoms with E-state index in [-0.39, 0.29) is 11.3 Å². The molecule has 0 aliphatic rings. The van der Waals surface area contributed by atoms with Crippen molar-refractivity contribution in [1.82, 2.24) is 5.32 Å². The van der Waals surface area contributed by atoms with Gasteiger partial charge in [0.1, 0.15) is 12.3 Å². The molecule has 122 valence electrons. The maximum Gasteiger partial charge on any atom is 0.405 e. The van der Waals surface area contributed by atoms with Gasteiger partial charge in [-0.25, -0.2) is 4.39 Å². The van der Waals surface area contributed by atoms with Crippen molar-refractivity contribution in [2.45, 2.75) is 6.18 Å². The molecule has 0 aliphatic heterocycles. The molecule has 0 spiro atoms. The SMILES string of the molecule is O=C(NCC(F)(F)F)c1ccc(Oc2ccc(Br)cc2)c(F)c1. The Morgan fingerprint density at radius 3 is 2.35 bits per heavy atom. The minimum absolute atomic E-state index is 0.139. The molecule has 0 radical (unpaired) electrons. The van der Waals surface area contributed by atoms with Gasteiger partial charge in [0.25, 0.3) is 5.91 Å². The average molecular weight is 392 g/mol. The molecule has 3 nitrogen and oxygen atoms in total. The predicted molar refractivity (Wildman–Crippen MR) is 79.0 cm³/mol. The molecular formula is C15H10BrF4NO2. The van der Waals surface area contributed by atoms with Crippen molar-refractivity contribution in [3.8, 4) is 11.5 Å². The molecule has 0 aromatic heterocycles. The average Bonchev–Trinajstić information content (AvgIpc) is 2.48. The van der Waals surface area contributed by atoms with Crippen LogP contribution in [-0.2, 0) is 0 Å². The summed E-state index contributed by atoms with van der Waals surface area (Å²) in [7, 11) is 0. The Morgan fingerprint density at radius 1 is 1.13 bits per heavy atom. The van der Waals surface area contributed by atoms with Gasteiger partial charge in [0, 0.05) is 10.0 Å². The number of rotatable bonds is 4. The second kappa shape index (κ2) is 6.99. The van der Waals surface area contributed by atoms with Crippen LogP contribution in [0.2, 0.25) is 0 Å². The molecule has 0 atom stereocenters. The second-order valence-electron chi connectivity index (χ2n) is 4.50. The Morgan fingerprint density at radius 2 is 1.78 bits per heavy atom. The van der Waals surface area contributed by atoms with Gasteiger partial charge in [-0.3, -0.25) is 4.79 Å². The number of amides is 1. The largest absolute Gasteiger partial charge is 0.454 e. The summed E-state index contributed by atoms with van der Waals surface area (Å²) in [5, 5.41) is 1.66. The van der Waals surface area contributed by atoms with Crippen molar-refractivity contribution in [3.05, 3.63) is 58.3 Å². The molecule has 0 fully saturated rings. The normalized spacial score (nSPS) is 11.2. The fourth-order valence-electron chi connectivity index (χ4n) is 1.64.